The third kappa shape index (κ3) is 3.37. The van der Waals surface area contributed by atoms with Crippen LogP contribution in [-0.2, 0) is 6.42 Å². The highest BCUT2D eigenvalue weighted by molar-refractivity contribution is 9.10. The van der Waals surface area contributed by atoms with E-state index in [-0.39, 0.29) is 17.7 Å². The summed E-state index contributed by atoms with van der Waals surface area (Å²) in [5.74, 6) is -0.673. The van der Waals surface area contributed by atoms with Gasteiger partial charge in [0.1, 0.15) is 11.6 Å². The van der Waals surface area contributed by atoms with Crippen LogP contribution in [0.1, 0.15) is 17.2 Å². The third-order valence-corrected chi connectivity index (χ3v) is 4.12. The predicted molar refractivity (Wildman–Crippen MR) is 81.0 cm³/mol. The van der Waals surface area contributed by atoms with Gasteiger partial charge in [0.2, 0.25) is 0 Å². The van der Waals surface area contributed by atoms with Gasteiger partial charge in [0, 0.05) is 16.6 Å². The van der Waals surface area contributed by atoms with E-state index in [2.05, 4.69) is 21.2 Å². The summed E-state index contributed by atoms with van der Waals surface area (Å²) in [6, 6.07) is 9.01. The van der Waals surface area contributed by atoms with Crippen molar-refractivity contribution in [3.05, 3.63) is 68.7 Å². The first kappa shape index (κ1) is 15.4. The second-order valence-corrected chi connectivity index (χ2v) is 5.69. The van der Waals surface area contributed by atoms with E-state index in [9.17, 15) is 8.78 Å². The van der Waals surface area contributed by atoms with Crippen LogP contribution in [0.15, 0.2) is 40.9 Å². The Morgan fingerprint density at radius 3 is 2.70 bits per heavy atom. The maximum Gasteiger partial charge on any atom is 0.142 e. The average molecular weight is 361 g/mol. The quantitative estimate of drug-likeness (QED) is 0.819. The number of rotatable bonds is 4. The molecule has 0 heterocycles. The smallest absolute Gasteiger partial charge is 0.142 e. The number of halogens is 4. The van der Waals surface area contributed by atoms with Crippen LogP contribution in [-0.4, -0.2) is 7.05 Å². The Morgan fingerprint density at radius 1 is 1.25 bits per heavy atom. The highest BCUT2D eigenvalue weighted by atomic mass is 79.9. The van der Waals surface area contributed by atoms with Crippen LogP contribution in [0.25, 0.3) is 0 Å². The van der Waals surface area contributed by atoms with Crippen LogP contribution in [0.4, 0.5) is 8.78 Å². The van der Waals surface area contributed by atoms with E-state index in [0.29, 0.717) is 27.0 Å². The van der Waals surface area contributed by atoms with Crippen molar-refractivity contribution in [3.8, 4) is 0 Å². The van der Waals surface area contributed by atoms with Gasteiger partial charge in [-0.05, 0) is 59.2 Å². The van der Waals surface area contributed by atoms with Gasteiger partial charge in [0.15, 0.2) is 0 Å². The molecule has 0 aliphatic heterocycles. The zero-order valence-corrected chi connectivity index (χ0v) is 13.1. The average Bonchev–Trinajstić information content (AvgIpc) is 2.43. The standard InChI is InChI=1S/C15H13BrClF2N/c1-20-14(11-3-2-4-12(16)15(11)19)8-9-7-10(18)5-6-13(9)17/h2-7,14,20H,8H2,1H3. The van der Waals surface area contributed by atoms with Gasteiger partial charge >= 0.3 is 0 Å². The normalized spacial score (nSPS) is 12.4. The largest absolute Gasteiger partial charge is 0.313 e. The second-order valence-electron chi connectivity index (χ2n) is 4.42. The molecule has 20 heavy (non-hydrogen) atoms. The molecule has 0 amide bonds. The Labute approximate surface area is 130 Å². The zero-order chi connectivity index (χ0) is 14.7. The minimum absolute atomic E-state index is 0.285. The summed E-state index contributed by atoms with van der Waals surface area (Å²) in [5.41, 5.74) is 1.16. The molecular formula is C15H13BrClF2N. The minimum atomic E-state index is -0.353. The van der Waals surface area contributed by atoms with Crippen LogP contribution < -0.4 is 5.32 Å². The zero-order valence-electron chi connectivity index (χ0n) is 10.8. The number of hydrogen-bond acceptors (Lipinski definition) is 1. The van der Waals surface area contributed by atoms with Crippen LogP contribution in [0.3, 0.4) is 0 Å². The molecule has 0 aliphatic rings. The van der Waals surface area contributed by atoms with Crippen LogP contribution in [0.5, 0.6) is 0 Å². The van der Waals surface area contributed by atoms with E-state index in [0.717, 1.165) is 0 Å². The maximum absolute atomic E-state index is 14.1. The molecular weight excluding hydrogens is 348 g/mol. The van der Waals surface area contributed by atoms with Crippen molar-refractivity contribution in [2.24, 2.45) is 0 Å². The number of nitrogens with one attached hydrogen (secondary N) is 1. The summed E-state index contributed by atoms with van der Waals surface area (Å²) in [6.45, 7) is 0. The lowest BCUT2D eigenvalue weighted by Crippen LogP contribution is -2.20. The van der Waals surface area contributed by atoms with Crippen molar-refractivity contribution in [2.75, 3.05) is 7.05 Å². The van der Waals surface area contributed by atoms with Crippen LogP contribution in [0.2, 0.25) is 5.02 Å². The van der Waals surface area contributed by atoms with Gasteiger partial charge in [-0.1, -0.05) is 23.7 Å². The highest BCUT2D eigenvalue weighted by Crippen LogP contribution is 2.28. The Hall–Kier alpha value is -0.970. The first-order valence-corrected chi connectivity index (χ1v) is 7.25. The molecule has 1 unspecified atom stereocenters. The molecule has 2 aromatic rings. The lowest BCUT2D eigenvalue weighted by molar-refractivity contribution is 0.529. The Balaban J connectivity index is 2.34. The SMILES string of the molecule is CNC(Cc1cc(F)ccc1Cl)c1cccc(Br)c1F. The molecule has 0 spiro atoms. The molecule has 0 radical (unpaired) electrons. The molecule has 0 saturated heterocycles. The molecule has 5 heteroatoms. The fraction of sp³-hybridized carbons (Fsp3) is 0.200. The Kier molecular flexibility index (Phi) is 5.13. The van der Waals surface area contributed by atoms with Crippen LogP contribution >= 0.6 is 27.5 Å². The molecule has 0 bridgehead atoms. The van der Waals surface area contributed by atoms with Gasteiger partial charge in [-0.3, -0.25) is 0 Å². The van der Waals surface area contributed by atoms with Crippen molar-refractivity contribution in [2.45, 2.75) is 12.5 Å². The monoisotopic (exact) mass is 359 g/mol. The summed E-state index contributed by atoms with van der Waals surface area (Å²) in [7, 11) is 1.73. The molecule has 2 rings (SSSR count). The second kappa shape index (κ2) is 6.66. The molecule has 0 aliphatic carbocycles. The lowest BCUT2D eigenvalue weighted by atomic mass is 9.98. The molecule has 2 aromatic carbocycles. The third-order valence-electron chi connectivity index (χ3n) is 3.14. The van der Waals surface area contributed by atoms with E-state index >= 15 is 0 Å². The van der Waals surface area contributed by atoms with Gasteiger partial charge in [0.25, 0.3) is 0 Å². The van der Waals surface area contributed by atoms with Crippen molar-refractivity contribution >= 4 is 27.5 Å². The van der Waals surface area contributed by atoms with E-state index in [4.69, 9.17) is 11.6 Å². The molecule has 106 valence electrons. The summed E-state index contributed by atoms with van der Waals surface area (Å²) in [6.07, 6.45) is 0.403. The summed E-state index contributed by atoms with van der Waals surface area (Å²) in [4.78, 5) is 0. The van der Waals surface area contributed by atoms with E-state index < -0.39 is 0 Å². The lowest BCUT2D eigenvalue weighted by Gasteiger charge is -2.18. The Morgan fingerprint density at radius 2 is 2.00 bits per heavy atom. The maximum atomic E-state index is 14.1. The summed E-state index contributed by atoms with van der Waals surface area (Å²) in [5, 5.41) is 3.51. The minimum Gasteiger partial charge on any atom is -0.313 e. The fourth-order valence-electron chi connectivity index (χ4n) is 2.08. The van der Waals surface area contributed by atoms with Crippen molar-refractivity contribution < 1.29 is 8.78 Å². The number of hydrogen-bond donors (Lipinski definition) is 1. The van der Waals surface area contributed by atoms with Gasteiger partial charge in [-0.25, -0.2) is 8.78 Å². The Bertz CT molecular complexity index is 619. The van der Waals surface area contributed by atoms with E-state index in [1.807, 2.05) is 0 Å². The van der Waals surface area contributed by atoms with Crippen LogP contribution in [0, 0.1) is 11.6 Å². The van der Waals surface area contributed by atoms with E-state index in [1.54, 1.807) is 25.2 Å². The van der Waals surface area contributed by atoms with Gasteiger partial charge in [0.05, 0.1) is 4.47 Å². The van der Waals surface area contributed by atoms with E-state index in [1.165, 1.54) is 18.2 Å². The van der Waals surface area contributed by atoms with Gasteiger partial charge in [-0.2, -0.15) is 0 Å². The number of likely N-dealkylation sites (N-methyl/N-ethyl adjacent to an activating group) is 1. The number of benzene rings is 2. The highest BCUT2D eigenvalue weighted by Gasteiger charge is 2.17. The van der Waals surface area contributed by atoms with Crippen molar-refractivity contribution in [1.29, 1.82) is 0 Å². The molecule has 0 aromatic heterocycles. The molecule has 1 N–H and O–H groups in total. The first-order chi connectivity index (χ1) is 9.52. The predicted octanol–water partition coefficient (Wildman–Crippen LogP) is 4.88. The fourth-order valence-corrected chi connectivity index (χ4v) is 2.65. The first-order valence-electron chi connectivity index (χ1n) is 6.08. The summed E-state index contributed by atoms with van der Waals surface area (Å²) >= 11 is 9.22. The molecule has 1 atom stereocenters. The van der Waals surface area contributed by atoms with Gasteiger partial charge in [-0.15, -0.1) is 0 Å². The topological polar surface area (TPSA) is 12.0 Å². The molecule has 0 saturated carbocycles. The molecule has 1 nitrogen and oxygen atoms in total. The van der Waals surface area contributed by atoms with Gasteiger partial charge < -0.3 is 5.32 Å². The van der Waals surface area contributed by atoms with Crippen molar-refractivity contribution in [1.82, 2.24) is 5.32 Å². The summed E-state index contributed by atoms with van der Waals surface area (Å²) < 4.78 is 27.8. The molecule has 0 fully saturated rings. The van der Waals surface area contributed by atoms with Crippen molar-refractivity contribution in [3.63, 3.8) is 0 Å².